The van der Waals surface area contributed by atoms with Crippen LogP contribution in [-0.4, -0.2) is 18.4 Å². The Kier molecular flexibility index (Phi) is 3.58. The Morgan fingerprint density at radius 2 is 1.87 bits per heavy atom. The van der Waals surface area contributed by atoms with Gasteiger partial charge in [0.1, 0.15) is 5.82 Å². The topological polar surface area (TPSA) is 29.1 Å². The molecular formula is C12H16FNO. The second-order valence-electron chi connectivity index (χ2n) is 4.10. The molecule has 2 nitrogen and oxygen atoms in total. The highest BCUT2D eigenvalue weighted by Gasteiger charge is 2.24. The highest BCUT2D eigenvalue weighted by atomic mass is 19.1. The highest BCUT2D eigenvalue weighted by molar-refractivity contribution is 5.89. The summed E-state index contributed by atoms with van der Waals surface area (Å²) in [5.41, 5.74) is 0.304. The first-order chi connectivity index (χ1) is 6.95. The molecule has 1 aromatic carbocycles. The molecule has 0 aliphatic rings. The second kappa shape index (κ2) is 4.53. The number of carbonyl (C=O) groups is 1. The lowest BCUT2D eigenvalue weighted by atomic mass is 9.94. The Bertz CT molecular complexity index is 343. The van der Waals surface area contributed by atoms with Crippen molar-refractivity contribution in [1.29, 1.82) is 0 Å². The summed E-state index contributed by atoms with van der Waals surface area (Å²) < 4.78 is 12.6. The maximum Gasteiger partial charge on any atom is 0.156 e. The molecule has 0 saturated carbocycles. The predicted molar refractivity (Wildman–Crippen MR) is 58.2 cm³/mol. The number of Topliss-reactive ketones (excluding diaryl/α,β-unsaturated/α-hetero) is 1. The Morgan fingerprint density at radius 1 is 1.33 bits per heavy atom. The predicted octanol–water partition coefficient (Wildman–Crippen LogP) is 1.94. The van der Waals surface area contributed by atoms with Crippen LogP contribution in [0.1, 0.15) is 19.4 Å². The lowest BCUT2D eigenvalue weighted by Crippen LogP contribution is -2.45. The van der Waals surface area contributed by atoms with Gasteiger partial charge in [-0.3, -0.25) is 4.79 Å². The van der Waals surface area contributed by atoms with E-state index < -0.39 is 5.54 Å². The van der Waals surface area contributed by atoms with Crippen LogP contribution in [-0.2, 0) is 11.2 Å². The van der Waals surface area contributed by atoms with Crippen LogP contribution in [0.15, 0.2) is 24.3 Å². The molecule has 0 fully saturated rings. The zero-order valence-corrected chi connectivity index (χ0v) is 9.30. The number of likely N-dealkylation sites (N-methyl/N-ethyl adjacent to an activating group) is 1. The van der Waals surface area contributed by atoms with Crippen molar-refractivity contribution in [2.45, 2.75) is 25.8 Å². The zero-order valence-electron chi connectivity index (χ0n) is 9.30. The Labute approximate surface area is 89.5 Å². The molecule has 1 rings (SSSR count). The van der Waals surface area contributed by atoms with E-state index in [1.165, 1.54) is 12.1 Å². The van der Waals surface area contributed by atoms with E-state index in [9.17, 15) is 9.18 Å². The quantitative estimate of drug-likeness (QED) is 0.821. The average molecular weight is 209 g/mol. The van der Waals surface area contributed by atoms with Crippen LogP contribution in [0.25, 0.3) is 0 Å². The molecule has 82 valence electrons. The van der Waals surface area contributed by atoms with Gasteiger partial charge in [-0.2, -0.15) is 0 Å². The number of carbonyl (C=O) groups excluding carboxylic acids is 1. The highest BCUT2D eigenvalue weighted by Crippen LogP contribution is 2.10. The van der Waals surface area contributed by atoms with E-state index in [-0.39, 0.29) is 11.6 Å². The molecule has 1 N–H and O–H groups in total. The number of hydrogen-bond donors (Lipinski definition) is 1. The van der Waals surface area contributed by atoms with Crippen LogP contribution in [0.4, 0.5) is 4.39 Å². The molecule has 15 heavy (non-hydrogen) atoms. The fourth-order valence-electron chi connectivity index (χ4n) is 1.15. The fourth-order valence-corrected chi connectivity index (χ4v) is 1.15. The molecule has 0 atom stereocenters. The summed E-state index contributed by atoms with van der Waals surface area (Å²) in [6, 6.07) is 6.02. The van der Waals surface area contributed by atoms with Gasteiger partial charge >= 0.3 is 0 Å². The lowest BCUT2D eigenvalue weighted by Gasteiger charge is -2.22. The van der Waals surface area contributed by atoms with Crippen molar-refractivity contribution in [2.75, 3.05) is 7.05 Å². The molecule has 0 heterocycles. The van der Waals surface area contributed by atoms with Crippen LogP contribution in [0.2, 0.25) is 0 Å². The summed E-state index contributed by atoms with van der Waals surface area (Å²) in [6.45, 7) is 3.66. The van der Waals surface area contributed by atoms with Gasteiger partial charge in [-0.05, 0) is 38.6 Å². The molecule has 0 radical (unpaired) electrons. The van der Waals surface area contributed by atoms with Crippen molar-refractivity contribution in [3.63, 3.8) is 0 Å². The van der Waals surface area contributed by atoms with E-state index in [1.807, 2.05) is 13.8 Å². The van der Waals surface area contributed by atoms with E-state index in [0.717, 1.165) is 5.56 Å². The molecule has 3 heteroatoms. The SMILES string of the molecule is CNC(C)(C)C(=O)Cc1ccc(F)cc1. The normalized spacial score (nSPS) is 11.5. The molecular weight excluding hydrogens is 193 g/mol. The van der Waals surface area contributed by atoms with Crippen molar-refractivity contribution in [3.05, 3.63) is 35.6 Å². The van der Waals surface area contributed by atoms with E-state index in [2.05, 4.69) is 5.32 Å². The second-order valence-corrected chi connectivity index (χ2v) is 4.10. The molecule has 0 aromatic heterocycles. The Hall–Kier alpha value is -1.22. The van der Waals surface area contributed by atoms with Crippen molar-refractivity contribution in [2.24, 2.45) is 0 Å². The smallest absolute Gasteiger partial charge is 0.156 e. The van der Waals surface area contributed by atoms with Gasteiger partial charge in [-0.15, -0.1) is 0 Å². The molecule has 0 spiro atoms. The summed E-state index contributed by atoms with van der Waals surface area (Å²) in [7, 11) is 1.75. The molecule has 0 saturated heterocycles. The number of nitrogens with one attached hydrogen (secondary N) is 1. The van der Waals surface area contributed by atoms with Crippen LogP contribution in [0.5, 0.6) is 0 Å². The summed E-state index contributed by atoms with van der Waals surface area (Å²) >= 11 is 0. The monoisotopic (exact) mass is 209 g/mol. The summed E-state index contributed by atoms with van der Waals surface area (Å²) in [6.07, 6.45) is 0.327. The first-order valence-electron chi connectivity index (χ1n) is 4.92. The maximum absolute atomic E-state index is 12.6. The first-order valence-corrected chi connectivity index (χ1v) is 4.92. The van der Waals surface area contributed by atoms with E-state index >= 15 is 0 Å². The number of halogens is 1. The van der Waals surface area contributed by atoms with Gasteiger partial charge in [0.25, 0.3) is 0 Å². The van der Waals surface area contributed by atoms with Gasteiger partial charge in [0, 0.05) is 6.42 Å². The molecule has 0 amide bonds. The van der Waals surface area contributed by atoms with Gasteiger partial charge in [0.15, 0.2) is 5.78 Å². The Morgan fingerprint density at radius 3 is 2.33 bits per heavy atom. The third-order valence-corrected chi connectivity index (χ3v) is 2.60. The summed E-state index contributed by atoms with van der Waals surface area (Å²) in [4.78, 5) is 11.8. The molecule has 0 aliphatic heterocycles. The third kappa shape index (κ3) is 3.13. The summed E-state index contributed by atoms with van der Waals surface area (Å²) in [5.74, 6) is -0.185. The van der Waals surface area contributed by atoms with Crippen LogP contribution in [0, 0.1) is 5.82 Å². The minimum Gasteiger partial charge on any atom is -0.308 e. The third-order valence-electron chi connectivity index (χ3n) is 2.60. The minimum atomic E-state index is -0.533. The summed E-state index contributed by atoms with van der Waals surface area (Å²) in [5, 5.41) is 2.95. The largest absolute Gasteiger partial charge is 0.308 e. The molecule has 0 bridgehead atoms. The molecule has 0 unspecified atom stereocenters. The van der Waals surface area contributed by atoms with Gasteiger partial charge in [-0.25, -0.2) is 4.39 Å². The van der Waals surface area contributed by atoms with Crippen molar-refractivity contribution in [3.8, 4) is 0 Å². The van der Waals surface area contributed by atoms with Crippen molar-refractivity contribution in [1.82, 2.24) is 5.32 Å². The number of benzene rings is 1. The number of ketones is 1. The van der Waals surface area contributed by atoms with E-state index in [0.29, 0.717) is 6.42 Å². The van der Waals surface area contributed by atoms with Crippen molar-refractivity contribution >= 4 is 5.78 Å². The first kappa shape index (κ1) is 11.9. The Balaban J connectivity index is 2.71. The number of rotatable bonds is 4. The van der Waals surface area contributed by atoms with Gasteiger partial charge in [-0.1, -0.05) is 12.1 Å². The van der Waals surface area contributed by atoms with E-state index in [1.54, 1.807) is 19.2 Å². The van der Waals surface area contributed by atoms with Crippen LogP contribution >= 0.6 is 0 Å². The van der Waals surface area contributed by atoms with Crippen LogP contribution < -0.4 is 5.32 Å². The van der Waals surface area contributed by atoms with E-state index in [4.69, 9.17) is 0 Å². The fraction of sp³-hybridized carbons (Fsp3) is 0.417. The standard InChI is InChI=1S/C12H16FNO/c1-12(2,14-3)11(15)8-9-4-6-10(13)7-5-9/h4-7,14H,8H2,1-3H3. The van der Waals surface area contributed by atoms with Gasteiger partial charge in [0.2, 0.25) is 0 Å². The van der Waals surface area contributed by atoms with Gasteiger partial charge in [0.05, 0.1) is 5.54 Å². The van der Waals surface area contributed by atoms with Gasteiger partial charge < -0.3 is 5.32 Å². The molecule has 0 aliphatic carbocycles. The van der Waals surface area contributed by atoms with Crippen molar-refractivity contribution < 1.29 is 9.18 Å². The van der Waals surface area contributed by atoms with Crippen LogP contribution in [0.3, 0.4) is 0 Å². The lowest BCUT2D eigenvalue weighted by molar-refractivity contribution is -0.123. The zero-order chi connectivity index (χ0) is 11.5. The average Bonchev–Trinajstić information content (AvgIpc) is 2.21. The maximum atomic E-state index is 12.6. The minimum absolute atomic E-state index is 0.0941. The molecule has 1 aromatic rings. The number of hydrogen-bond acceptors (Lipinski definition) is 2.